The molecule has 3 aromatic heterocycles. The minimum atomic E-state index is -0.497. The zero-order chi connectivity index (χ0) is 22.0. The lowest BCUT2D eigenvalue weighted by Gasteiger charge is -2.09. The molecule has 1 aliphatic rings. The molecule has 0 atom stereocenters. The van der Waals surface area contributed by atoms with E-state index in [1.165, 1.54) is 16.2 Å². The highest BCUT2D eigenvalue weighted by molar-refractivity contribution is 7.16. The molecule has 0 spiro atoms. The van der Waals surface area contributed by atoms with Crippen LogP contribution in [0.15, 0.2) is 36.2 Å². The highest BCUT2D eigenvalue weighted by Gasteiger charge is 2.23. The normalized spacial score (nSPS) is 13.2. The van der Waals surface area contributed by atoms with Gasteiger partial charge in [-0.05, 0) is 74.9 Å². The van der Waals surface area contributed by atoms with E-state index < -0.39 is 5.91 Å². The Morgan fingerprint density at radius 3 is 2.81 bits per heavy atom. The third-order valence-electron chi connectivity index (χ3n) is 5.55. The van der Waals surface area contributed by atoms with Crippen molar-refractivity contribution in [3.05, 3.63) is 69.1 Å². The Kier molecular flexibility index (Phi) is 5.70. The molecule has 3 aromatic rings. The van der Waals surface area contributed by atoms with Crippen LogP contribution in [0.3, 0.4) is 0 Å². The van der Waals surface area contributed by atoms with Crippen molar-refractivity contribution < 1.29 is 4.79 Å². The number of fused-ring (bicyclic) bond motifs is 1. The summed E-state index contributed by atoms with van der Waals surface area (Å²) >= 11 is 1.45. The number of aryl methyl sites for hydroxylation is 2. The molecule has 0 bridgehead atoms. The van der Waals surface area contributed by atoms with Gasteiger partial charge in [-0.25, -0.2) is 0 Å². The van der Waals surface area contributed by atoms with E-state index in [0.29, 0.717) is 10.6 Å². The maximum absolute atomic E-state index is 12.9. The van der Waals surface area contributed by atoms with Crippen LogP contribution in [-0.2, 0) is 17.6 Å². The Hall–Kier alpha value is -3.68. The molecule has 7 heteroatoms. The molecule has 4 rings (SSSR count). The largest absolute Gasteiger partial charge is 0.316 e. The molecule has 0 unspecified atom stereocenters. The summed E-state index contributed by atoms with van der Waals surface area (Å²) in [5.41, 5.74) is 5.20. The van der Waals surface area contributed by atoms with Gasteiger partial charge in [0.2, 0.25) is 0 Å². The minimum Gasteiger partial charge on any atom is -0.316 e. The van der Waals surface area contributed by atoms with E-state index in [0.717, 1.165) is 53.9 Å². The van der Waals surface area contributed by atoms with Gasteiger partial charge >= 0.3 is 0 Å². The molecule has 0 saturated heterocycles. The van der Waals surface area contributed by atoms with Crippen LogP contribution < -0.4 is 5.32 Å². The van der Waals surface area contributed by atoms with Crippen molar-refractivity contribution in [3.63, 3.8) is 0 Å². The van der Waals surface area contributed by atoms with Crippen molar-refractivity contribution in [2.75, 3.05) is 5.32 Å². The first-order valence-electron chi connectivity index (χ1n) is 10.1. The second-order valence-electron chi connectivity index (χ2n) is 7.52. The number of amides is 1. The Labute approximate surface area is 185 Å². The lowest BCUT2D eigenvalue weighted by atomic mass is 9.96. The predicted octanol–water partition coefficient (Wildman–Crippen LogP) is 4.85. The maximum Gasteiger partial charge on any atom is 0.266 e. The summed E-state index contributed by atoms with van der Waals surface area (Å²) in [6.07, 6.45) is 9.05. The molecule has 1 amide bonds. The maximum atomic E-state index is 12.9. The monoisotopic (exact) mass is 427 g/mol. The van der Waals surface area contributed by atoms with Gasteiger partial charge in [0.05, 0.1) is 17.4 Å². The number of hydrogen-bond acceptors (Lipinski definition) is 5. The fourth-order valence-corrected chi connectivity index (χ4v) is 5.30. The minimum absolute atomic E-state index is 0.00157. The van der Waals surface area contributed by atoms with Crippen LogP contribution in [0.2, 0.25) is 0 Å². The smallest absolute Gasteiger partial charge is 0.266 e. The first kappa shape index (κ1) is 20.6. The van der Waals surface area contributed by atoms with Gasteiger partial charge in [0.15, 0.2) is 0 Å². The van der Waals surface area contributed by atoms with Crippen molar-refractivity contribution in [2.45, 2.75) is 39.5 Å². The zero-order valence-corrected chi connectivity index (χ0v) is 18.2. The number of rotatable bonds is 4. The van der Waals surface area contributed by atoms with E-state index in [1.807, 2.05) is 42.7 Å². The number of anilines is 1. The van der Waals surface area contributed by atoms with Crippen LogP contribution in [0, 0.1) is 36.5 Å². The van der Waals surface area contributed by atoms with Gasteiger partial charge in [-0.15, -0.1) is 11.3 Å². The number of nitrogens with zero attached hydrogens (tertiary/aromatic N) is 4. The molecule has 3 heterocycles. The number of nitriles is 2. The summed E-state index contributed by atoms with van der Waals surface area (Å²) < 4.78 is 2.03. The first-order valence-corrected chi connectivity index (χ1v) is 10.9. The van der Waals surface area contributed by atoms with Crippen LogP contribution in [0.5, 0.6) is 0 Å². The molecular formula is C24H21N5OS. The van der Waals surface area contributed by atoms with Crippen LogP contribution in [0.1, 0.15) is 45.8 Å². The van der Waals surface area contributed by atoms with E-state index in [4.69, 9.17) is 0 Å². The molecule has 0 fully saturated rings. The summed E-state index contributed by atoms with van der Waals surface area (Å²) in [4.78, 5) is 18.2. The lowest BCUT2D eigenvalue weighted by Crippen LogP contribution is -2.13. The molecule has 154 valence electrons. The number of thiophene rings is 1. The van der Waals surface area contributed by atoms with Gasteiger partial charge in [-0.3, -0.25) is 9.78 Å². The van der Waals surface area contributed by atoms with Crippen LogP contribution in [0.25, 0.3) is 11.8 Å². The second kappa shape index (κ2) is 8.59. The molecule has 6 nitrogen and oxygen atoms in total. The van der Waals surface area contributed by atoms with Crippen LogP contribution in [-0.4, -0.2) is 15.5 Å². The summed E-state index contributed by atoms with van der Waals surface area (Å²) in [7, 11) is 0. The third kappa shape index (κ3) is 3.88. The van der Waals surface area contributed by atoms with E-state index in [2.05, 4.69) is 16.4 Å². The zero-order valence-electron chi connectivity index (χ0n) is 17.4. The molecule has 1 aliphatic carbocycles. The van der Waals surface area contributed by atoms with Gasteiger partial charge in [0.25, 0.3) is 5.91 Å². The summed E-state index contributed by atoms with van der Waals surface area (Å²) in [6, 6.07) is 10.0. The highest BCUT2D eigenvalue weighted by atomic mass is 32.1. The van der Waals surface area contributed by atoms with Crippen LogP contribution in [0.4, 0.5) is 5.00 Å². The van der Waals surface area contributed by atoms with Gasteiger partial charge in [0.1, 0.15) is 22.7 Å². The molecule has 0 aromatic carbocycles. The van der Waals surface area contributed by atoms with Gasteiger partial charge in [-0.2, -0.15) is 10.5 Å². The van der Waals surface area contributed by atoms with Crippen molar-refractivity contribution in [2.24, 2.45) is 0 Å². The summed E-state index contributed by atoms with van der Waals surface area (Å²) in [6.45, 7) is 3.92. The fourth-order valence-electron chi connectivity index (χ4n) is 4.06. The van der Waals surface area contributed by atoms with Crippen molar-refractivity contribution in [1.82, 2.24) is 9.55 Å². The number of carbonyl (C=O) groups is 1. The van der Waals surface area contributed by atoms with Crippen LogP contribution >= 0.6 is 11.3 Å². The average molecular weight is 428 g/mol. The van der Waals surface area contributed by atoms with Gasteiger partial charge in [-0.1, -0.05) is 0 Å². The average Bonchev–Trinajstić information content (AvgIpc) is 3.27. The second-order valence-corrected chi connectivity index (χ2v) is 8.63. The van der Waals surface area contributed by atoms with Crippen molar-refractivity contribution in [1.29, 1.82) is 10.5 Å². The summed E-state index contributed by atoms with van der Waals surface area (Å²) in [5.74, 6) is -0.497. The number of nitrogens with one attached hydrogen (secondary N) is 1. The molecule has 31 heavy (non-hydrogen) atoms. The van der Waals surface area contributed by atoms with Crippen molar-refractivity contribution >= 4 is 28.3 Å². The molecule has 1 N–H and O–H groups in total. The number of pyridine rings is 1. The number of aromatic nitrogens is 2. The Morgan fingerprint density at radius 2 is 2.10 bits per heavy atom. The third-order valence-corrected chi connectivity index (χ3v) is 6.76. The topological polar surface area (TPSA) is 94.5 Å². The first-order chi connectivity index (χ1) is 15.0. The van der Waals surface area contributed by atoms with E-state index in [-0.39, 0.29) is 5.57 Å². The molecule has 0 radical (unpaired) electrons. The molecule has 0 aliphatic heterocycles. The Balaban J connectivity index is 1.65. The highest BCUT2D eigenvalue weighted by Crippen LogP contribution is 2.37. The lowest BCUT2D eigenvalue weighted by molar-refractivity contribution is -0.112. The number of hydrogen-bond donors (Lipinski definition) is 1. The number of carbonyl (C=O) groups excluding carboxylic acids is 1. The van der Waals surface area contributed by atoms with Crippen molar-refractivity contribution in [3.8, 4) is 17.8 Å². The van der Waals surface area contributed by atoms with Gasteiger partial charge < -0.3 is 9.88 Å². The SMILES string of the molecule is Cc1cc(/C=C(\C#N)C(=O)Nc2sc3c(c2C#N)CCCC3)c(C)n1-c1cccnc1. The van der Waals surface area contributed by atoms with Gasteiger partial charge in [0, 0.05) is 22.5 Å². The standard InChI is InChI=1S/C24H21N5OS/c1-15-10-17(16(2)29(15)19-6-5-9-27-14-19)11-18(12-25)23(30)28-24-21(13-26)20-7-3-4-8-22(20)31-24/h5-6,9-11,14H,3-4,7-8H2,1-2H3,(H,28,30)/b18-11+. The Bertz CT molecular complexity index is 1270. The molecule has 0 saturated carbocycles. The van der Waals surface area contributed by atoms with E-state index in [9.17, 15) is 15.3 Å². The quantitative estimate of drug-likeness (QED) is 0.476. The predicted molar refractivity (Wildman–Crippen MR) is 121 cm³/mol. The molecular weight excluding hydrogens is 406 g/mol. The fraction of sp³-hybridized carbons (Fsp3) is 0.250. The van der Waals surface area contributed by atoms with E-state index in [1.54, 1.807) is 18.5 Å². The summed E-state index contributed by atoms with van der Waals surface area (Å²) in [5, 5.41) is 22.6. The Morgan fingerprint density at radius 1 is 1.29 bits per heavy atom. The van der Waals surface area contributed by atoms with E-state index >= 15 is 0 Å².